The van der Waals surface area contributed by atoms with Gasteiger partial charge in [0.15, 0.2) is 12.1 Å². The highest BCUT2D eigenvalue weighted by atomic mass is 16.8. The van der Waals surface area contributed by atoms with E-state index in [1.165, 1.54) is 0 Å². The van der Waals surface area contributed by atoms with Gasteiger partial charge in [-0.05, 0) is 13.8 Å². The lowest BCUT2D eigenvalue weighted by Crippen LogP contribution is -2.42. The molecule has 2 heterocycles. The molecule has 88 valence electrons. The van der Waals surface area contributed by atoms with Gasteiger partial charge in [0.1, 0.15) is 24.4 Å². The van der Waals surface area contributed by atoms with Crippen LogP contribution in [0.1, 0.15) is 13.8 Å². The van der Waals surface area contributed by atoms with Gasteiger partial charge in [0, 0.05) is 0 Å². The number of hydrogen-bond acceptors (Lipinski definition) is 6. The maximum absolute atomic E-state index is 9.79. The van der Waals surface area contributed by atoms with Gasteiger partial charge in [-0.1, -0.05) is 0 Å². The van der Waals surface area contributed by atoms with Crippen molar-refractivity contribution >= 4 is 0 Å². The van der Waals surface area contributed by atoms with E-state index >= 15 is 0 Å². The summed E-state index contributed by atoms with van der Waals surface area (Å²) in [6.07, 6.45) is -4.26. The van der Waals surface area contributed by atoms with Crippen molar-refractivity contribution in [1.82, 2.24) is 0 Å². The highest BCUT2D eigenvalue weighted by Gasteiger charge is 2.55. The van der Waals surface area contributed by atoms with Gasteiger partial charge in [0.25, 0.3) is 0 Å². The molecule has 2 saturated heterocycles. The van der Waals surface area contributed by atoms with E-state index in [2.05, 4.69) is 0 Å². The van der Waals surface area contributed by atoms with Crippen molar-refractivity contribution in [1.29, 1.82) is 0 Å². The van der Waals surface area contributed by atoms with E-state index in [9.17, 15) is 10.2 Å². The Bertz CT molecular complexity index is 243. The Kier molecular flexibility index (Phi) is 2.74. The summed E-state index contributed by atoms with van der Waals surface area (Å²) in [5.41, 5.74) is 0. The van der Waals surface area contributed by atoms with Crippen LogP contribution in [-0.2, 0) is 14.2 Å². The Labute approximate surface area is 87.4 Å². The maximum atomic E-state index is 9.79. The molecule has 0 aromatic heterocycles. The zero-order chi connectivity index (χ0) is 11.2. The molecular formula is C9H16O6. The Hall–Kier alpha value is -0.240. The molecule has 0 spiro atoms. The van der Waals surface area contributed by atoms with Crippen LogP contribution in [0.15, 0.2) is 0 Å². The van der Waals surface area contributed by atoms with E-state index in [1.54, 1.807) is 13.8 Å². The molecular weight excluding hydrogens is 204 g/mol. The molecule has 0 radical (unpaired) electrons. The first-order valence-electron chi connectivity index (χ1n) is 4.93. The summed E-state index contributed by atoms with van der Waals surface area (Å²) in [5.74, 6) is -0.786. The fraction of sp³-hybridized carbons (Fsp3) is 1.00. The van der Waals surface area contributed by atoms with Crippen molar-refractivity contribution in [3.8, 4) is 0 Å². The van der Waals surface area contributed by atoms with Crippen molar-refractivity contribution in [2.24, 2.45) is 0 Å². The fourth-order valence-corrected chi connectivity index (χ4v) is 1.94. The largest absolute Gasteiger partial charge is 0.394 e. The Morgan fingerprint density at radius 1 is 1.33 bits per heavy atom. The molecule has 6 heteroatoms. The van der Waals surface area contributed by atoms with E-state index in [0.717, 1.165) is 0 Å². The average Bonchev–Trinajstić information content (AvgIpc) is 2.60. The predicted molar refractivity (Wildman–Crippen MR) is 47.8 cm³/mol. The molecule has 2 aliphatic rings. The Morgan fingerprint density at radius 2 is 2.00 bits per heavy atom. The number of hydrogen-bond donors (Lipinski definition) is 3. The van der Waals surface area contributed by atoms with Crippen LogP contribution >= 0.6 is 0 Å². The summed E-state index contributed by atoms with van der Waals surface area (Å²) in [4.78, 5) is 0. The van der Waals surface area contributed by atoms with Crippen molar-refractivity contribution < 1.29 is 29.5 Å². The first-order valence-corrected chi connectivity index (χ1v) is 4.93. The van der Waals surface area contributed by atoms with Crippen LogP contribution in [0.25, 0.3) is 0 Å². The van der Waals surface area contributed by atoms with Gasteiger partial charge in [-0.3, -0.25) is 0 Å². The Morgan fingerprint density at radius 3 is 2.53 bits per heavy atom. The molecule has 2 aliphatic heterocycles. The van der Waals surface area contributed by atoms with Crippen LogP contribution in [0.2, 0.25) is 0 Å². The third kappa shape index (κ3) is 1.89. The molecule has 0 bridgehead atoms. The minimum atomic E-state index is -1.12. The topological polar surface area (TPSA) is 88.4 Å². The molecule has 2 rings (SSSR count). The molecule has 0 aromatic rings. The normalized spacial score (nSPS) is 45.4. The number of fused-ring (bicyclic) bond motifs is 1. The standard InChI is InChI=1S/C9H16O6/c1-9(2)14-7-5(12)6(4(11)3-10)13-8(7)15-9/h4-8,10-12H,3H2,1-2H3/t4?,5-,6?,7+,8+/m0/s1. The lowest BCUT2D eigenvalue weighted by molar-refractivity contribution is -0.227. The summed E-state index contributed by atoms with van der Waals surface area (Å²) in [5, 5.41) is 27.9. The van der Waals surface area contributed by atoms with E-state index < -0.39 is 43.1 Å². The molecule has 2 unspecified atom stereocenters. The van der Waals surface area contributed by atoms with Crippen molar-refractivity contribution in [3.05, 3.63) is 0 Å². The number of aliphatic hydroxyl groups excluding tert-OH is 3. The van der Waals surface area contributed by atoms with Crippen molar-refractivity contribution in [3.63, 3.8) is 0 Å². The van der Waals surface area contributed by atoms with E-state index in [4.69, 9.17) is 19.3 Å². The van der Waals surface area contributed by atoms with E-state index in [-0.39, 0.29) is 0 Å². The zero-order valence-electron chi connectivity index (χ0n) is 8.66. The average molecular weight is 220 g/mol. The van der Waals surface area contributed by atoms with Gasteiger partial charge in [-0.15, -0.1) is 0 Å². The summed E-state index contributed by atoms with van der Waals surface area (Å²) in [7, 11) is 0. The molecule has 3 N–H and O–H groups in total. The molecule has 6 nitrogen and oxygen atoms in total. The van der Waals surface area contributed by atoms with Gasteiger partial charge in [-0.25, -0.2) is 0 Å². The van der Waals surface area contributed by atoms with Crippen LogP contribution in [0.3, 0.4) is 0 Å². The van der Waals surface area contributed by atoms with Gasteiger partial charge in [0.05, 0.1) is 6.61 Å². The number of aliphatic hydroxyl groups is 3. The third-order valence-electron chi connectivity index (χ3n) is 2.62. The Balaban J connectivity index is 2.05. The van der Waals surface area contributed by atoms with Gasteiger partial charge in [0.2, 0.25) is 0 Å². The molecule has 5 atom stereocenters. The van der Waals surface area contributed by atoms with E-state index in [0.29, 0.717) is 0 Å². The molecule has 0 aromatic carbocycles. The lowest BCUT2D eigenvalue weighted by Gasteiger charge is -2.24. The number of ether oxygens (including phenoxy) is 3. The van der Waals surface area contributed by atoms with Gasteiger partial charge < -0.3 is 29.5 Å². The highest BCUT2D eigenvalue weighted by Crippen LogP contribution is 2.38. The second-order valence-corrected chi connectivity index (χ2v) is 4.31. The minimum absolute atomic E-state index is 0.468. The van der Waals surface area contributed by atoms with Gasteiger partial charge >= 0.3 is 0 Å². The zero-order valence-corrected chi connectivity index (χ0v) is 8.66. The second-order valence-electron chi connectivity index (χ2n) is 4.31. The van der Waals surface area contributed by atoms with Crippen LogP contribution in [0.4, 0.5) is 0 Å². The molecule has 0 aliphatic carbocycles. The summed E-state index contributed by atoms with van der Waals surface area (Å²) < 4.78 is 16.1. The van der Waals surface area contributed by atoms with Crippen molar-refractivity contribution in [2.75, 3.05) is 6.61 Å². The molecule has 15 heavy (non-hydrogen) atoms. The van der Waals surface area contributed by atoms with Crippen LogP contribution < -0.4 is 0 Å². The molecule has 0 saturated carbocycles. The van der Waals surface area contributed by atoms with Crippen LogP contribution in [0, 0.1) is 0 Å². The smallest absolute Gasteiger partial charge is 0.190 e. The second kappa shape index (κ2) is 3.65. The molecule has 0 amide bonds. The molecule has 2 fully saturated rings. The minimum Gasteiger partial charge on any atom is -0.394 e. The number of rotatable bonds is 2. The highest BCUT2D eigenvalue weighted by molar-refractivity contribution is 4.95. The quantitative estimate of drug-likeness (QED) is 0.529. The summed E-state index contributed by atoms with van der Waals surface area (Å²) in [6.45, 7) is 2.97. The maximum Gasteiger partial charge on any atom is 0.190 e. The lowest BCUT2D eigenvalue weighted by atomic mass is 10.1. The third-order valence-corrected chi connectivity index (χ3v) is 2.62. The first-order chi connectivity index (χ1) is 6.94. The van der Waals surface area contributed by atoms with E-state index in [1.807, 2.05) is 0 Å². The first kappa shape index (κ1) is 11.3. The van der Waals surface area contributed by atoms with Crippen LogP contribution in [-0.4, -0.2) is 58.4 Å². The summed E-state index contributed by atoms with van der Waals surface area (Å²) in [6, 6.07) is 0. The monoisotopic (exact) mass is 220 g/mol. The summed E-state index contributed by atoms with van der Waals surface area (Å²) >= 11 is 0. The fourth-order valence-electron chi connectivity index (χ4n) is 1.94. The van der Waals surface area contributed by atoms with Crippen molar-refractivity contribution in [2.45, 2.75) is 50.3 Å². The van der Waals surface area contributed by atoms with Gasteiger partial charge in [-0.2, -0.15) is 0 Å². The predicted octanol–water partition coefficient (Wildman–Crippen LogP) is -1.42. The SMILES string of the molecule is CC1(C)O[C@H]2OC(C(O)CO)[C@H](O)[C@H]2O1. The van der Waals surface area contributed by atoms with Crippen LogP contribution in [0.5, 0.6) is 0 Å².